The summed E-state index contributed by atoms with van der Waals surface area (Å²) in [5.41, 5.74) is 4.24. The molecule has 0 amide bonds. The number of ether oxygens (including phenoxy) is 1. The van der Waals surface area contributed by atoms with Crippen molar-refractivity contribution in [3.63, 3.8) is 0 Å². The Labute approximate surface area is 102 Å². The van der Waals surface area contributed by atoms with Crippen molar-refractivity contribution in [2.75, 3.05) is 32.6 Å². The van der Waals surface area contributed by atoms with Crippen LogP contribution in [0.1, 0.15) is 11.3 Å². The van der Waals surface area contributed by atoms with E-state index in [-0.39, 0.29) is 18.8 Å². The Morgan fingerprint density at radius 2 is 2.12 bits per heavy atom. The van der Waals surface area contributed by atoms with Gasteiger partial charge < -0.3 is 15.4 Å². The first-order chi connectivity index (χ1) is 7.88. The molecule has 2 N–H and O–H groups in total. The fourth-order valence-electron chi connectivity index (χ4n) is 1.82. The van der Waals surface area contributed by atoms with Crippen molar-refractivity contribution in [3.8, 4) is 5.88 Å². The average Bonchev–Trinajstić information content (AvgIpc) is 2.66. The summed E-state index contributed by atoms with van der Waals surface area (Å²) in [5.74, 6) is -2.48. The summed E-state index contributed by atoms with van der Waals surface area (Å²) in [4.78, 5) is 6.40. The number of hydrogen-bond acceptors (Lipinski definition) is 5. The lowest BCUT2D eigenvalue weighted by atomic mass is 10.1. The highest BCUT2D eigenvalue weighted by Crippen LogP contribution is 2.64. The quantitative estimate of drug-likeness (QED) is 0.893. The first-order valence-electron chi connectivity index (χ1n) is 5.18. The maximum atomic E-state index is 13.5. The van der Waals surface area contributed by atoms with Gasteiger partial charge in [0.1, 0.15) is 0 Å². The average molecular weight is 263 g/mol. The molecule has 0 aromatic carbocycles. The van der Waals surface area contributed by atoms with Crippen molar-refractivity contribution < 1.29 is 13.5 Å². The molecule has 0 bridgehead atoms. The Kier molecular flexibility index (Phi) is 2.78. The molecule has 2 rings (SSSR count). The van der Waals surface area contributed by atoms with Crippen LogP contribution in [0.4, 0.5) is 13.9 Å². The van der Waals surface area contributed by atoms with Crippen molar-refractivity contribution in [1.82, 2.24) is 4.98 Å². The Morgan fingerprint density at radius 1 is 1.53 bits per heavy atom. The summed E-state index contributed by atoms with van der Waals surface area (Å²) in [5, 5.41) is 0.646. The number of hydrogen-bond donors (Lipinski definition) is 1. The fourth-order valence-corrected chi connectivity index (χ4v) is 3.03. The molecular weight excluding hydrogens is 248 g/mol. The second-order valence-electron chi connectivity index (χ2n) is 4.40. The van der Waals surface area contributed by atoms with E-state index in [2.05, 4.69) is 4.98 Å². The van der Waals surface area contributed by atoms with E-state index in [4.69, 9.17) is 10.5 Å². The summed E-state index contributed by atoms with van der Waals surface area (Å²) in [7, 11) is 5.05. The molecule has 1 heterocycles. The zero-order valence-electron chi connectivity index (χ0n) is 9.96. The third-order valence-corrected chi connectivity index (χ3v) is 4.45. The second-order valence-corrected chi connectivity index (χ2v) is 5.37. The molecule has 1 atom stereocenters. The van der Waals surface area contributed by atoms with E-state index in [0.29, 0.717) is 10.0 Å². The smallest absolute Gasteiger partial charge is 0.261 e. The number of nitrogens with two attached hydrogens (primary N) is 1. The van der Waals surface area contributed by atoms with Crippen molar-refractivity contribution in [1.29, 1.82) is 0 Å². The standard InChI is InChI=1S/C10H15F2N3OS/c1-15(2)8-14-7(16-3)6(17-8)9(5-13)4-10(9,11)12/h4-5,13H2,1-3H3. The number of aromatic nitrogens is 1. The normalized spacial score (nSPS) is 25.8. The van der Waals surface area contributed by atoms with Crippen LogP contribution in [0, 0.1) is 0 Å². The van der Waals surface area contributed by atoms with Crippen LogP contribution in [-0.2, 0) is 5.41 Å². The number of thiazole rings is 1. The van der Waals surface area contributed by atoms with Gasteiger partial charge in [0.15, 0.2) is 5.13 Å². The minimum absolute atomic E-state index is 0.0918. The largest absolute Gasteiger partial charge is 0.480 e. The first-order valence-corrected chi connectivity index (χ1v) is 6.00. The molecule has 4 nitrogen and oxygen atoms in total. The SMILES string of the molecule is COc1nc(N(C)C)sc1C1(CN)CC1(F)F. The van der Waals surface area contributed by atoms with Gasteiger partial charge in [0.05, 0.1) is 17.4 Å². The maximum absolute atomic E-state index is 13.5. The van der Waals surface area contributed by atoms with E-state index in [9.17, 15) is 8.78 Å². The van der Waals surface area contributed by atoms with Crippen LogP contribution < -0.4 is 15.4 Å². The van der Waals surface area contributed by atoms with Gasteiger partial charge in [-0.05, 0) is 0 Å². The van der Waals surface area contributed by atoms with E-state index in [1.807, 2.05) is 14.1 Å². The second kappa shape index (κ2) is 3.78. The summed E-state index contributed by atoms with van der Waals surface area (Å²) in [6.07, 6.45) is -0.220. The lowest BCUT2D eigenvalue weighted by Crippen LogP contribution is -2.26. The highest BCUT2D eigenvalue weighted by atomic mass is 32.1. The van der Waals surface area contributed by atoms with Gasteiger partial charge >= 0.3 is 0 Å². The molecule has 96 valence electrons. The van der Waals surface area contributed by atoms with E-state index >= 15 is 0 Å². The van der Waals surface area contributed by atoms with Gasteiger partial charge in [0.25, 0.3) is 5.92 Å². The predicted molar refractivity (Wildman–Crippen MR) is 63.3 cm³/mol. The van der Waals surface area contributed by atoms with Gasteiger partial charge in [-0.1, -0.05) is 11.3 Å². The Bertz CT molecular complexity index is 435. The third kappa shape index (κ3) is 1.68. The lowest BCUT2D eigenvalue weighted by molar-refractivity contribution is 0.0897. The van der Waals surface area contributed by atoms with Crippen LogP contribution in [-0.4, -0.2) is 38.7 Å². The minimum Gasteiger partial charge on any atom is -0.480 e. The summed E-state index contributed by atoms with van der Waals surface area (Å²) in [6.45, 7) is -0.0918. The molecule has 0 aliphatic heterocycles. The van der Waals surface area contributed by atoms with Gasteiger partial charge in [0, 0.05) is 27.1 Å². The number of methoxy groups -OCH3 is 1. The number of halogens is 2. The van der Waals surface area contributed by atoms with Crippen LogP contribution in [0.15, 0.2) is 0 Å². The van der Waals surface area contributed by atoms with Gasteiger partial charge in [0.2, 0.25) is 5.88 Å². The molecule has 0 spiro atoms. The van der Waals surface area contributed by atoms with E-state index in [0.717, 1.165) is 0 Å². The van der Waals surface area contributed by atoms with Crippen LogP contribution in [0.25, 0.3) is 0 Å². The molecule has 1 unspecified atom stereocenters. The predicted octanol–water partition coefficient (Wildman–Crippen LogP) is 1.45. The summed E-state index contributed by atoms with van der Waals surface area (Å²) in [6, 6.07) is 0. The molecule has 1 fully saturated rings. The van der Waals surface area contributed by atoms with E-state index < -0.39 is 11.3 Å². The van der Waals surface area contributed by atoms with Crippen molar-refractivity contribution in [2.24, 2.45) is 5.73 Å². The number of nitrogens with zero attached hydrogens (tertiary/aromatic N) is 2. The van der Waals surface area contributed by atoms with Crippen LogP contribution in [0.2, 0.25) is 0 Å². The van der Waals surface area contributed by atoms with Gasteiger partial charge in [-0.25, -0.2) is 8.78 Å². The van der Waals surface area contributed by atoms with Gasteiger partial charge in [-0.3, -0.25) is 0 Å². The molecular formula is C10H15F2N3OS. The molecule has 1 aromatic rings. The zero-order valence-corrected chi connectivity index (χ0v) is 10.8. The third-order valence-electron chi connectivity index (χ3n) is 3.04. The Balaban J connectivity index is 2.45. The number of anilines is 1. The van der Waals surface area contributed by atoms with E-state index in [1.165, 1.54) is 18.4 Å². The molecule has 0 radical (unpaired) electrons. The Hall–Kier alpha value is -0.950. The first kappa shape index (κ1) is 12.5. The molecule has 17 heavy (non-hydrogen) atoms. The summed E-state index contributed by atoms with van der Waals surface area (Å²) < 4.78 is 32.1. The molecule has 1 aliphatic rings. The molecule has 1 saturated carbocycles. The van der Waals surface area contributed by atoms with E-state index in [1.54, 1.807) is 4.90 Å². The Morgan fingerprint density at radius 3 is 2.47 bits per heavy atom. The van der Waals surface area contributed by atoms with Gasteiger partial charge in [-0.2, -0.15) is 4.98 Å². The highest BCUT2D eigenvalue weighted by molar-refractivity contribution is 7.16. The van der Waals surface area contributed by atoms with Crippen LogP contribution >= 0.6 is 11.3 Å². The van der Waals surface area contributed by atoms with Crippen LogP contribution in [0.5, 0.6) is 5.88 Å². The highest BCUT2D eigenvalue weighted by Gasteiger charge is 2.73. The molecule has 1 aliphatic carbocycles. The molecule has 1 aromatic heterocycles. The van der Waals surface area contributed by atoms with Gasteiger partial charge in [-0.15, -0.1) is 0 Å². The fraction of sp³-hybridized carbons (Fsp3) is 0.700. The topological polar surface area (TPSA) is 51.4 Å². The molecule has 0 saturated heterocycles. The minimum atomic E-state index is -2.74. The van der Waals surface area contributed by atoms with Crippen molar-refractivity contribution in [2.45, 2.75) is 17.8 Å². The van der Waals surface area contributed by atoms with Crippen molar-refractivity contribution in [3.05, 3.63) is 4.88 Å². The maximum Gasteiger partial charge on any atom is 0.261 e. The summed E-state index contributed by atoms with van der Waals surface area (Å²) >= 11 is 1.22. The molecule has 7 heteroatoms. The number of rotatable bonds is 4. The lowest BCUT2D eigenvalue weighted by Gasteiger charge is -2.12. The number of alkyl halides is 2. The van der Waals surface area contributed by atoms with Crippen molar-refractivity contribution >= 4 is 16.5 Å². The zero-order chi connectivity index (χ0) is 12.8. The van der Waals surface area contributed by atoms with Crippen LogP contribution in [0.3, 0.4) is 0 Å². The monoisotopic (exact) mass is 263 g/mol.